The van der Waals surface area contributed by atoms with E-state index in [2.05, 4.69) is 30.7 Å². The fourth-order valence-electron chi connectivity index (χ4n) is 0.951. The highest BCUT2D eigenvalue weighted by Gasteiger charge is 2.11. The molecule has 2 heterocycles. The van der Waals surface area contributed by atoms with E-state index in [4.69, 9.17) is 11.6 Å². The molecular formula is C7H6ClN7O. The lowest BCUT2D eigenvalue weighted by atomic mass is 10.4. The molecule has 82 valence electrons. The van der Waals surface area contributed by atoms with Gasteiger partial charge < -0.3 is 0 Å². The van der Waals surface area contributed by atoms with Gasteiger partial charge in [0.15, 0.2) is 0 Å². The molecule has 0 aliphatic heterocycles. The third kappa shape index (κ3) is 2.28. The Bertz CT molecular complexity index is 525. The van der Waals surface area contributed by atoms with Crippen molar-refractivity contribution in [3.63, 3.8) is 0 Å². The second-order valence-corrected chi connectivity index (χ2v) is 3.17. The number of tetrazole rings is 1. The number of halogens is 1. The van der Waals surface area contributed by atoms with Crippen LogP contribution in [-0.2, 0) is 7.05 Å². The quantitative estimate of drug-likeness (QED) is 0.786. The molecule has 0 aromatic carbocycles. The van der Waals surface area contributed by atoms with Gasteiger partial charge in [0.05, 0.1) is 19.4 Å². The van der Waals surface area contributed by atoms with Crippen molar-refractivity contribution in [3.8, 4) is 0 Å². The molecule has 2 rings (SSSR count). The molecule has 9 heteroatoms. The van der Waals surface area contributed by atoms with Gasteiger partial charge in [0.25, 0.3) is 11.9 Å². The highest BCUT2D eigenvalue weighted by atomic mass is 35.5. The molecule has 0 aliphatic carbocycles. The summed E-state index contributed by atoms with van der Waals surface area (Å²) in [7, 11) is 1.59. The molecule has 1 amide bonds. The van der Waals surface area contributed by atoms with E-state index < -0.39 is 5.91 Å². The van der Waals surface area contributed by atoms with Gasteiger partial charge in [-0.15, -0.1) is 5.10 Å². The molecule has 8 nitrogen and oxygen atoms in total. The van der Waals surface area contributed by atoms with Crippen LogP contribution in [0.3, 0.4) is 0 Å². The Morgan fingerprint density at radius 1 is 1.50 bits per heavy atom. The average molecular weight is 240 g/mol. The first kappa shape index (κ1) is 10.4. The zero-order valence-corrected chi connectivity index (χ0v) is 8.88. The van der Waals surface area contributed by atoms with E-state index in [1.165, 1.54) is 17.2 Å². The predicted octanol–water partition coefficient (Wildman–Crippen LogP) is -0.0942. The normalized spacial score (nSPS) is 10.1. The maximum atomic E-state index is 11.6. The van der Waals surface area contributed by atoms with Crippen LogP contribution in [-0.4, -0.2) is 36.1 Å². The third-order valence-electron chi connectivity index (χ3n) is 1.57. The lowest BCUT2D eigenvalue weighted by molar-refractivity contribution is 0.102. The molecular weight excluding hydrogens is 234 g/mol. The number of aryl methyl sites for hydroxylation is 1. The minimum absolute atomic E-state index is 0.0833. The van der Waals surface area contributed by atoms with Crippen LogP contribution < -0.4 is 5.32 Å². The number of anilines is 1. The zero-order chi connectivity index (χ0) is 11.5. The van der Waals surface area contributed by atoms with Crippen LogP contribution in [0.25, 0.3) is 0 Å². The average Bonchev–Trinajstić information content (AvgIpc) is 2.64. The van der Waals surface area contributed by atoms with Gasteiger partial charge in [0, 0.05) is 0 Å². The molecule has 2 aromatic heterocycles. The van der Waals surface area contributed by atoms with Gasteiger partial charge in [-0.2, -0.15) is 4.80 Å². The van der Waals surface area contributed by atoms with Crippen molar-refractivity contribution in [2.24, 2.45) is 7.05 Å². The summed E-state index contributed by atoms with van der Waals surface area (Å²) < 4.78 is 0. The monoisotopic (exact) mass is 239 g/mol. The number of hydrogen-bond acceptors (Lipinski definition) is 6. The lowest BCUT2D eigenvalue weighted by Gasteiger charge is -1.98. The summed E-state index contributed by atoms with van der Waals surface area (Å²) in [6.07, 6.45) is 2.62. The molecule has 0 bridgehead atoms. The van der Waals surface area contributed by atoms with Gasteiger partial charge in [-0.3, -0.25) is 15.1 Å². The molecule has 0 fully saturated rings. The zero-order valence-electron chi connectivity index (χ0n) is 8.12. The molecule has 1 N–H and O–H groups in total. The van der Waals surface area contributed by atoms with E-state index in [-0.39, 0.29) is 16.8 Å². The fraction of sp³-hybridized carbons (Fsp3) is 0.143. The maximum Gasteiger partial charge on any atom is 0.278 e. The summed E-state index contributed by atoms with van der Waals surface area (Å²) >= 11 is 5.59. The SMILES string of the molecule is Cn1nnc(NC(=O)c2cncc(Cl)n2)n1. The molecule has 0 saturated heterocycles. The van der Waals surface area contributed by atoms with Crippen molar-refractivity contribution < 1.29 is 4.79 Å². The number of aromatic nitrogens is 6. The third-order valence-corrected chi connectivity index (χ3v) is 1.75. The Morgan fingerprint density at radius 2 is 2.31 bits per heavy atom. The Hall–Kier alpha value is -2.09. The van der Waals surface area contributed by atoms with E-state index in [0.29, 0.717) is 0 Å². The van der Waals surface area contributed by atoms with Gasteiger partial charge in [0.2, 0.25) is 0 Å². The molecule has 0 spiro atoms. The first-order valence-electron chi connectivity index (χ1n) is 4.18. The summed E-state index contributed by atoms with van der Waals surface area (Å²) in [4.78, 5) is 20.3. The summed E-state index contributed by atoms with van der Waals surface area (Å²) in [5, 5.41) is 13.5. The van der Waals surface area contributed by atoms with Crippen LogP contribution in [0.15, 0.2) is 12.4 Å². The number of carbonyl (C=O) groups excluding carboxylic acids is 1. The highest BCUT2D eigenvalue weighted by Crippen LogP contribution is 2.04. The summed E-state index contributed by atoms with van der Waals surface area (Å²) in [5.74, 6) is -0.405. The van der Waals surface area contributed by atoms with E-state index in [1.807, 2.05) is 0 Å². The summed E-state index contributed by atoms with van der Waals surface area (Å²) in [5.41, 5.74) is 0.0833. The predicted molar refractivity (Wildman–Crippen MR) is 53.8 cm³/mol. The Kier molecular flexibility index (Phi) is 2.73. The van der Waals surface area contributed by atoms with Crippen LogP contribution in [0.2, 0.25) is 5.15 Å². The van der Waals surface area contributed by atoms with Crippen LogP contribution in [0.4, 0.5) is 5.95 Å². The topological polar surface area (TPSA) is 98.5 Å². The number of hydrogen-bond donors (Lipinski definition) is 1. The van der Waals surface area contributed by atoms with Crippen molar-refractivity contribution in [3.05, 3.63) is 23.2 Å². The van der Waals surface area contributed by atoms with Crippen LogP contribution >= 0.6 is 11.6 Å². The van der Waals surface area contributed by atoms with Crippen LogP contribution in [0.1, 0.15) is 10.5 Å². The van der Waals surface area contributed by atoms with Crippen LogP contribution in [0, 0.1) is 0 Å². The van der Waals surface area contributed by atoms with E-state index >= 15 is 0 Å². The Labute approximate surface area is 94.7 Å². The number of carbonyl (C=O) groups is 1. The van der Waals surface area contributed by atoms with E-state index in [0.717, 1.165) is 0 Å². The Balaban J connectivity index is 2.14. The van der Waals surface area contributed by atoms with Gasteiger partial charge in [-0.1, -0.05) is 16.7 Å². The Morgan fingerprint density at radius 3 is 2.94 bits per heavy atom. The number of nitrogens with one attached hydrogen (secondary N) is 1. The molecule has 0 aliphatic rings. The van der Waals surface area contributed by atoms with Gasteiger partial charge in [-0.05, 0) is 5.21 Å². The first-order chi connectivity index (χ1) is 7.65. The number of nitrogens with zero attached hydrogens (tertiary/aromatic N) is 6. The standard InChI is InChI=1S/C7H6ClN7O/c1-15-13-7(12-14-15)11-6(16)4-2-9-3-5(8)10-4/h2-3H,1H3,(H,11,13,16). The summed E-state index contributed by atoms with van der Waals surface area (Å²) in [6.45, 7) is 0. The van der Waals surface area contributed by atoms with E-state index in [1.54, 1.807) is 7.05 Å². The van der Waals surface area contributed by atoms with Gasteiger partial charge in [-0.25, -0.2) is 4.98 Å². The molecule has 0 saturated carbocycles. The van der Waals surface area contributed by atoms with Crippen molar-refractivity contribution in [1.29, 1.82) is 0 Å². The number of rotatable bonds is 2. The van der Waals surface area contributed by atoms with Crippen molar-refractivity contribution >= 4 is 23.5 Å². The molecule has 0 unspecified atom stereocenters. The van der Waals surface area contributed by atoms with Gasteiger partial charge >= 0.3 is 0 Å². The van der Waals surface area contributed by atoms with Crippen molar-refractivity contribution in [2.75, 3.05) is 5.32 Å². The minimum atomic E-state index is -0.497. The number of amides is 1. The lowest BCUT2D eigenvalue weighted by Crippen LogP contribution is -2.15. The molecule has 0 radical (unpaired) electrons. The smallest absolute Gasteiger partial charge is 0.278 e. The highest BCUT2D eigenvalue weighted by molar-refractivity contribution is 6.29. The largest absolute Gasteiger partial charge is 0.286 e. The minimum Gasteiger partial charge on any atom is -0.286 e. The second-order valence-electron chi connectivity index (χ2n) is 2.78. The van der Waals surface area contributed by atoms with Crippen LogP contribution in [0.5, 0.6) is 0 Å². The van der Waals surface area contributed by atoms with Crippen molar-refractivity contribution in [2.45, 2.75) is 0 Å². The van der Waals surface area contributed by atoms with Gasteiger partial charge in [0.1, 0.15) is 10.8 Å². The van der Waals surface area contributed by atoms with E-state index in [9.17, 15) is 4.79 Å². The molecule has 2 aromatic rings. The summed E-state index contributed by atoms with van der Waals surface area (Å²) in [6, 6.07) is 0. The fourth-order valence-corrected chi connectivity index (χ4v) is 1.10. The molecule has 0 atom stereocenters. The maximum absolute atomic E-state index is 11.6. The first-order valence-corrected chi connectivity index (χ1v) is 4.56. The second kappa shape index (κ2) is 4.19. The van der Waals surface area contributed by atoms with Crippen molar-refractivity contribution in [1.82, 2.24) is 30.2 Å². The molecule has 16 heavy (non-hydrogen) atoms.